The Morgan fingerprint density at radius 2 is 1.78 bits per heavy atom. The van der Waals surface area contributed by atoms with Gasteiger partial charge in [-0.1, -0.05) is 20.8 Å². The Morgan fingerprint density at radius 1 is 1.22 bits per heavy atom. The number of benzene rings is 1. The molecule has 0 unspecified atom stereocenters. The van der Waals surface area contributed by atoms with Crippen LogP contribution in [-0.4, -0.2) is 5.11 Å². The summed E-state index contributed by atoms with van der Waals surface area (Å²) >= 11 is 0. The Hall–Kier alpha value is -1.19. The quantitative estimate of drug-likeness (QED) is 0.803. The molecule has 0 amide bonds. The molecule has 0 bridgehead atoms. The van der Waals surface area contributed by atoms with E-state index in [9.17, 15) is 18.3 Å². The molecule has 1 aromatic carbocycles. The summed E-state index contributed by atoms with van der Waals surface area (Å²) in [5.74, 6) is -0.0826. The van der Waals surface area contributed by atoms with Crippen molar-refractivity contribution in [1.82, 2.24) is 0 Å². The zero-order valence-corrected chi connectivity index (χ0v) is 10.9. The van der Waals surface area contributed by atoms with Gasteiger partial charge < -0.3 is 5.11 Å². The standard InChI is InChI=1S/C12H13F3O.C2H6/c1-2-7-5-9(16)6-10(8-3-4-8)11(7)12(13,14)15;1-2/h5-6,8,16H,2-4H2,1H3;1-2H3. The van der Waals surface area contributed by atoms with Crippen molar-refractivity contribution in [2.24, 2.45) is 0 Å². The Balaban J connectivity index is 0.000000771. The maximum absolute atomic E-state index is 12.9. The molecular formula is C14H19F3O. The summed E-state index contributed by atoms with van der Waals surface area (Å²) in [6.45, 7) is 5.67. The lowest BCUT2D eigenvalue weighted by Crippen LogP contribution is -2.12. The zero-order valence-electron chi connectivity index (χ0n) is 10.9. The number of rotatable bonds is 2. The first-order chi connectivity index (χ1) is 8.43. The van der Waals surface area contributed by atoms with Gasteiger partial charge in [0.05, 0.1) is 5.56 Å². The summed E-state index contributed by atoms with van der Waals surface area (Å²) in [6.07, 6.45) is -2.47. The van der Waals surface area contributed by atoms with E-state index in [2.05, 4.69) is 0 Å². The number of hydrogen-bond donors (Lipinski definition) is 1. The van der Waals surface area contributed by atoms with Gasteiger partial charge in [-0.05, 0) is 48.4 Å². The summed E-state index contributed by atoms with van der Waals surface area (Å²) in [6, 6.07) is 2.48. The predicted molar refractivity (Wildman–Crippen MR) is 65.8 cm³/mol. The third-order valence-corrected chi connectivity index (χ3v) is 2.92. The van der Waals surface area contributed by atoms with Crippen LogP contribution >= 0.6 is 0 Å². The van der Waals surface area contributed by atoms with Crippen molar-refractivity contribution in [2.45, 2.75) is 52.1 Å². The highest BCUT2D eigenvalue weighted by Crippen LogP contribution is 2.48. The Morgan fingerprint density at radius 3 is 2.17 bits per heavy atom. The van der Waals surface area contributed by atoms with E-state index in [1.807, 2.05) is 13.8 Å². The molecule has 1 aliphatic carbocycles. The first-order valence-electron chi connectivity index (χ1n) is 6.36. The second-order valence-corrected chi connectivity index (χ2v) is 4.19. The number of alkyl halides is 3. The summed E-state index contributed by atoms with van der Waals surface area (Å²) in [4.78, 5) is 0. The van der Waals surface area contributed by atoms with Crippen LogP contribution in [0.2, 0.25) is 0 Å². The van der Waals surface area contributed by atoms with Crippen LogP contribution in [0.3, 0.4) is 0 Å². The van der Waals surface area contributed by atoms with Crippen molar-refractivity contribution in [3.8, 4) is 5.75 Å². The van der Waals surface area contributed by atoms with E-state index in [1.165, 1.54) is 12.1 Å². The van der Waals surface area contributed by atoms with Crippen molar-refractivity contribution >= 4 is 0 Å². The molecule has 1 aliphatic rings. The van der Waals surface area contributed by atoms with Gasteiger partial charge in [0, 0.05) is 0 Å². The van der Waals surface area contributed by atoms with Gasteiger partial charge in [-0.15, -0.1) is 0 Å². The monoisotopic (exact) mass is 260 g/mol. The molecule has 0 heterocycles. The third-order valence-electron chi connectivity index (χ3n) is 2.92. The zero-order chi connectivity index (χ0) is 13.9. The maximum atomic E-state index is 12.9. The molecule has 1 nitrogen and oxygen atoms in total. The third kappa shape index (κ3) is 3.18. The van der Waals surface area contributed by atoms with Crippen LogP contribution in [-0.2, 0) is 12.6 Å². The minimum atomic E-state index is -4.32. The second-order valence-electron chi connectivity index (χ2n) is 4.19. The summed E-state index contributed by atoms with van der Waals surface area (Å²) in [5, 5.41) is 9.42. The smallest absolute Gasteiger partial charge is 0.416 e. The number of phenols is 1. The van der Waals surface area contributed by atoms with Gasteiger partial charge in [0.1, 0.15) is 5.75 Å². The highest BCUT2D eigenvalue weighted by atomic mass is 19.4. The van der Waals surface area contributed by atoms with Gasteiger partial charge in [-0.2, -0.15) is 13.2 Å². The molecule has 0 aliphatic heterocycles. The molecular weight excluding hydrogens is 241 g/mol. The number of phenolic OH excluding ortho intramolecular Hbond substituents is 1. The number of halogens is 3. The van der Waals surface area contributed by atoms with Crippen LogP contribution in [0.15, 0.2) is 12.1 Å². The maximum Gasteiger partial charge on any atom is 0.416 e. The first kappa shape index (κ1) is 14.9. The number of aromatic hydroxyl groups is 1. The van der Waals surface area contributed by atoms with E-state index in [4.69, 9.17) is 0 Å². The molecule has 1 N–H and O–H groups in total. The van der Waals surface area contributed by atoms with Crippen LogP contribution in [0.4, 0.5) is 13.2 Å². The minimum Gasteiger partial charge on any atom is -0.508 e. The minimum absolute atomic E-state index is 0.0194. The number of aryl methyl sites for hydroxylation is 1. The van der Waals surface area contributed by atoms with Gasteiger partial charge in [-0.3, -0.25) is 0 Å². The van der Waals surface area contributed by atoms with Crippen LogP contribution in [0.5, 0.6) is 5.75 Å². The fourth-order valence-corrected chi connectivity index (χ4v) is 2.05. The topological polar surface area (TPSA) is 20.2 Å². The first-order valence-corrected chi connectivity index (χ1v) is 6.36. The fraction of sp³-hybridized carbons (Fsp3) is 0.571. The summed E-state index contributed by atoms with van der Waals surface area (Å²) in [7, 11) is 0. The van der Waals surface area contributed by atoms with Crippen molar-refractivity contribution in [1.29, 1.82) is 0 Å². The van der Waals surface area contributed by atoms with E-state index in [0.717, 1.165) is 12.8 Å². The van der Waals surface area contributed by atoms with Gasteiger partial charge in [-0.25, -0.2) is 0 Å². The molecule has 0 atom stereocenters. The molecule has 4 heteroatoms. The van der Waals surface area contributed by atoms with Crippen LogP contribution in [0.25, 0.3) is 0 Å². The highest BCUT2D eigenvalue weighted by molar-refractivity contribution is 5.46. The molecule has 1 saturated carbocycles. The van der Waals surface area contributed by atoms with Crippen LogP contribution in [0.1, 0.15) is 56.2 Å². The van der Waals surface area contributed by atoms with Gasteiger partial charge >= 0.3 is 6.18 Å². The molecule has 1 fully saturated rings. The van der Waals surface area contributed by atoms with Gasteiger partial charge in [0.25, 0.3) is 0 Å². The lowest BCUT2D eigenvalue weighted by Gasteiger charge is -2.17. The molecule has 2 rings (SSSR count). The molecule has 102 valence electrons. The molecule has 0 saturated heterocycles. The second kappa shape index (κ2) is 5.63. The lowest BCUT2D eigenvalue weighted by molar-refractivity contribution is -0.138. The van der Waals surface area contributed by atoms with Crippen molar-refractivity contribution in [2.75, 3.05) is 0 Å². The Kier molecular flexibility index (Phi) is 4.65. The number of hydrogen-bond acceptors (Lipinski definition) is 1. The Bertz CT molecular complexity index is 406. The van der Waals surface area contributed by atoms with Crippen molar-refractivity contribution in [3.05, 3.63) is 28.8 Å². The molecule has 0 aromatic heterocycles. The van der Waals surface area contributed by atoms with E-state index in [1.54, 1.807) is 6.92 Å². The van der Waals surface area contributed by atoms with Gasteiger partial charge in [0.2, 0.25) is 0 Å². The molecule has 0 radical (unpaired) electrons. The largest absolute Gasteiger partial charge is 0.508 e. The average molecular weight is 260 g/mol. The van der Waals surface area contributed by atoms with E-state index in [-0.39, 0.29) is 29.2 Å². The predicted octanol–water partition coefficient (Wildman–Crippen LogP) is 4.88. The van der Waals surface area contributed by atoms with E-state index < -0.39 is 11.7 Å². The van der Waals surface area contributed by atoms with Crippen LogP contribution < -0.4 is 0 Å². The summed E-state index contributed by atoms with van der Waals surface area (Å²) in [5.41, 5.74) is -0.0750. The average Bonchev–Trinajstić information content (AvgIpc) is 3.12. The molecule has 0 spiro atoms. The Labute approximate surface area is 106 Å². The van der Waals surface area contributed by atoms with Crippen LogP contribution in [0, 0.1) is 0 Å². The van der Waals surface area contributed by atoms with Crippen molar-refractivity contribution < 1.29 is 18.3 Å². The lowest BCUT2D eigenvalue weighted by atomic mass is 9.95. The highest BCUT2D eigenvalue weighted by Gasteiger charge is 2.40. The van der Waals surface area contributed by atoms with E-state index in [0.29, 0.717) is 0 Å². The summed E-state index contributed by atoms with van der Waals surface area (Å²) < 4.78 is 38.8. The molecule has 1 aromatic rings. The van der Waals surface area contributed by atoms with Crippen molar-refractivity contribution in [3.63, 3.8) is 0 Å². The SMILES string of the molecule is CC.CCc1cc(O)cc(C2CC2)c1C(F)(F)F. The molecule has 18 heavy (non-hydrogen) atoms. The fourth-order valence-electron chi connectivity index (χ4n) is 2.05. The normalized spacial score (nSPS) is 15.0. The van der Waals surface area contributed by atoms with Gasteiger partial charge in [0.15, 0.2) is 0 Å². The van der Waals surface area contributed by atoms with E-state index >= 15 is 0 Å².